The molecule has 0 heterocycles. The number of rotatable bonds is 4. The molecule has 2 rings (SSSR count). The van der Waals surface area contributed by atoms with Gasteiger partial charge in [-0.25, -0.2) is 0 Å². The molecule has 0 N–H and O–H groups in total. The minimum atomic E-state index is -1.28. The first-order valence-electron chi connectivity index (χ1n) is 6.43. The first-order chi connectivity index (χ1) is 9.04. The fourth-order valence-electron chi connectivity index (χ4n) is 2.22. The van der Waals surface area contributed by atoms with Gasteiger partial charge in [0.2, 0.25) is 17.7 Å². The van der Waals surface area contributed by atoms with Gasteiger partial charge in [0.25, 0.3) is 0 Å². The van der Waals surface area contributed by atoms with Crippen LogP contribution in [0.15, 0.2) is 18.2 Å². The van der Waals surface area contributed by atoms with Crippen molar-refractivity contribution in [2.45, 2.75) is 39.2 Å². The minimum absolute atomic E-state index is 0.358. The van der Waals surface area contributed by atoms with Gasteiger partial charge in [-0.2, -0.15) is 0 Å². The molecule has 1 atom stereocenters. The van der Waals surface area contributed by atoms with Crippen molar-refractivity contribution in [1.29, 1.82) is 0 Å². The number of carbonyl (C=O) groups is 3. The summed E-state index contributed by atoms with van der Waals surface area (Å²) in [5.74, 6) is -1.45. The molecular formula is C15H16O4. The molecule has 4 heteroatoms. The Morgan fingerprint density at radius 3 is 2.53 bits per heavy atom. The maximum atomic E-state index is 12.1. The van der Waals surface area contributed by atoms with Gasteiger partial charge in [-0.1, -0.05) is 25.5 Å². The molecule has 0 spiro atoms. The molecule has 0 aliphatic heterocycles. The third-order valence-electron chi connectivity index (χ3n) is 3.19. The molecule has 0 amide bonds. The summed E-state index contributed by atoms with van der Waals surface area (Å²) in [5.41, 5.74) is 1.77. The van der Waals surface area contributed by atoms with Crippen molar-refractivity contribution in [1.82, 2.24) is 0 Å². The van der Waals surface area contributed by atoms with Gasteiger partial charge in [0.15, 0.2) is 0 Å². The Labute approximate surface area is 111 Å². The Balaban J connectivity index is 2.28. The molecule has 0 radical (unpaired) electrons. The lowest BCUT2D eigenvalue weighted by atomic mass is 10.0. The van der Waals surface area contributed by atoms with E-state index < -0.39 is 23.6 Å². The molecule has 1 aromatic carbocycles. The van der Waals surface area contributed by atoms with Crippen LogP contribution in [0.25, 0.3) is 0 Å². The Kier molecular flexibility index (Phi) is 3.79. The normalized spacial score (nSPS) is 17.5. The molecule has 1 aliphatic carbocycles. The van der Waals surface area contributed by atoms with E-state index in [1.54, 1.807) is 12.1 Å². The van der Waals surface area contributed by atoms with Crippen LogP contribution in [-0.4, -0.2) is 23.6 Å². The van der Waals surface area contributed by atoms with Crippen LogP contribution in [0.5, 0.6) is 0 Å². The van der Waals surface area contributed by atoms with E-state index in [1.807, 2.05) is 6.07 Å². The van der Waals surface area contributed by atoms with Crippen molar-refractivity contribution < 1.29 is 19.1 Å². The molecule has 1 aromatic rings. The summed E-state index contributed by atoms with van der Waals surface area (Å²) in [5, 5.41) is 0. The summed E-state index contributed by atoms with van der Waals surface area (Å²) in [6.07, 6.45) is 1.70. The standard InChI is InChI=1S/C15H16O4/c1-3-4-5-10-6-7-11-12(8-10)14(18)15(13(11)17)19-9(2)16/h6-8,15H,3-5H2,1-2H3. The van der Waals surface area contributed by atoms with Crippen molar-refractivity contribution in [2.24, 2.45) is 0 Å². The van der Waals surface area contributed by atoms with Gasteiger partial charge in [-0.3, -0.25) is 14.4 Å². The van der Waals surface area contributed by atoms with Gasteiger partial charge in [-0.15, -0.1) is 0 Å². The molecular weight excluding hydrogens is 244 g/mol. The molecule has 1 aliphatic rings. The lowest BCUT2D eigenvalue weighted by Crippen LogP contribution is -2.27. The maximum Gasteiger partial charge on any atom is 0.303 e. The summed E-state index contributed by atoms with van der Waals surface area (Å²) in [6.45, 7) is 3.29. The van der Waals surface area contributed by atoms with Crippen molar-refractivity contribution in [3.8, 4) is 0 Å². The number of unbranched alkanes of at least 4 members (excludes halogenated alkanes) is 1. The number of Topliss-reactive ketones (excluding diaryl/α,β-unsaturated/α-hetero) is 2. The highest BCUT2D eigenvalue weighted by Gasteiger charge is 2.40. The zero-order valence-electron chi connectivity index (χ0n) is 11.1. The molecule has 0 fully saturated rings. The second-order valence-corrected chi connectivity index (χ2v) is 4.70. The largest absolute Gasteiger partial charge is 0.446 e. The number of ketones is 2. The predicted molar refractivity (Wildman–Crippen MR) is 69.3 cm³/mol. The number of ether oxygens (including phenoxy) is 1. The lowest BCUT2D eigenvalue weighted by Gasteiger charge is -2.05. The highest BCUT2D eigenvalue weighted by atomic mass is 16.5. The van der Waals surface area contributed by atoms with Crippen LogP contribution in [0.3, 0.4) is 0 Å². The monoisotopic (exact) mass is 260 g/mol. The van der Waals surface area contributed by atoms with Crippen LogP contribution in [0.1, 0.15) is 53.0 Å². The molecule has 0 aromatic heterocycles. The van der Waals surface area contributed by atoms with Crippen LogP contribution in [0, 0.1) is 0 Å². The third kappa shape index (κ3) is 2.57. The average molecular weight is 260 g/mol. The fraction of sp³-hybridized carbons (Fsp3) is 0.400. The summed E-state index contributed by atoms with van der Waals surface area (Å²) >= 11 is 0. The number of hydrogen-bond donors (Lipinski definition) is 0. The van der Waals surface area contributed by atoms with Crippen molar-refractivity contribution in [3.05, 3.63) is 34.9 Å². The van der Waals surface area contributed by atoms with Gasteiger partial charge < -0.3 is 4.74 Å². The van der Waals surface area contributed by atoms with Gasteiger partial charge in [0.05, 0.1) is 0 Å². The Bertz CT molecular complexity index is 545. The van der Waals surface area contributed by atoms with E-state index in [9.17, 15) is 14.4 Å². The highest BCUT2D eigenvalue weighted by Crippen LogP contribution is 2.26. The highest BCUT2D eigenvalue weighted by molar-refractivity contribution is 6.29. The first-order valence-corrected chi connectivity index (χ1v) is 6.43. The number of esters is 1. The molecule has 0 saturated heterocycles. The second-order valence-electron chi connectivity index (χ2n) is 4.70. The minimum Gasteiger partial charge on any atom is -0.446 e. The van der Waals surface area contributed by atoms with Gasteiger partial charge >= 0.3 is 5.97 Å². The van der Waals surface area contributed by atoms with E-state index in [0.717, 1.165) is 24.8 Å². The SMILES string of the molecule is CCCCc1ccc2c(c1)C(=O)C(OC(C)=O)C2=O. The van der Waals surface area contributed by atoms with Gasteiger partial charge in [0.1, 0.15) is 0 Å². The average Bonchev–Trinajstić information content (AvgIpc) is 2.61. The van der Waals surface area contributed by atoms with Crippen LogP contribution in [0.4, 0.5) is 0 Å². The van der Waals surface area contributed by atoms with Gasteiger partial charge in [0, 0.05) is 18.1 Å². The van der Waals surface area contributed by atoms with E-state index in [2.05, 4.69) is 6.92 Å². The van der Waals surface area contributed by atoms with E-state index in [4.69, 9.17) is 4.74 Å². The number of benzene rings is 1. The molecule has 0 saturated carbocycles. The van der Waals surface area contributed by atoms with Crippen LogP contribution >= 0.6 is 0 Å². The van der Waals surface area contributed by atoms with Crippen molar-refractivity contribution in [3.63, 3.8) is 0 Å². The third-order valence-corrected chi connectivity index (χ3v) is 3.19. The molecule has 0 bridgehead atoms. The molecule has 19 heavy (non-hydrogen) atoms. The van der Waals surface area contributed by atoms with E-state index >= 15 is 0 Å². The van der Waals surface area contributed by atoms with Crippen molar-refractivity contribution in [2.75, 3.05) is 0 Å². The molecule has 100 valence electrons. The Hall–Kier alpha value is -1.97. The summed E-state index contributed by atoms with van der Waals surface area (Å²) in [4.78, 5) is 35.0. The maximum absolute atomic E-state index is 12.1. The summed E-state index contributed by atoms with van der Waals surface area (Å²) in [6, 6.07) is 5.26. The van der Waals surface area contributed by atoms with Crippen molar-refractivity contribution >= 4 is 17.5 Å². The lowest BCUT2D eigenvalue weighted by molar-refractivity contribution is -0.142. The van der Waals surface area contributed by atoms with E-state index in [0.29, 0.717) is 11.1 Å². The number of aryl methyl sites for hydroxylation is 1. The molecule has 1 unspecified atom stereocenters. The van der Waals surface area contributed by atoms with Crippen LogP contribution in [0.2, 0.25) is 0 Å². The van der Waals surface area contributed by atoms with Crippen LogP contribution in [-0.2, 0) is 16.0 Å². The first kappa shape index (κ1) is 13.5. The number of hydrogen-bond acceptors (Lipinski definition) is 4. The smallest absolute Gasteiger partial charge is 0.303 e. The number of fused-ring (bicyclic) bond motifs is 1. The Morgan fingerprint density at radius 1 is 1.21 bits per heavy atom. The predicted octanol–water partition coefficient (Wildman–Crippen LogP) is 2.34. The Morgan fingerprint density at radius 2 is 1.89 bits per heavy atom. The number of carbonyl (C=O) groups excluding carboxylic acids is 3. The zero-order chi connectivity index (χ0) is 14.0. The zero-order valence-corrected chi connectivity index (χ0v) is 11.1. The fourth-order valence-corrected chi connectivity index (χ4v) is 2.22. The summed E-state index contributed by atoms with van der Waals surface area (Å²) in [7, 11) is 0. The second kappa shape index (κ2) is 5.34. The summed E-state index contributed by atoms with van der Waals surface area (Å²) < 4.78 is 4.80. The van der Waals surface area contributed by atoms with Crippen LogP contribution < -0.4 is 0 Å². The van der Waals surface area contributed by atoms with Gasteiger partial charge in [-0.05, 0) is 24.5 Å². The van der Waals surface area contributed by atoms with E-state index in [1.165, 1.54) is 6.92 Å². The topological polar surface area (TPSA) is 60.4 Å². The molecule has 4 nitrogen and oxygen atoms in total. The quantitative estimate of drug-likeness (QED) is 0.616. The van der Waals surface area contributed by atoms with E-state index in [-0.39, 0.29) is 0 Å².